The average Bonchev–Trinajstić information content (AvgIpc) is 3.11. The number of nitrogens with zero attached hydrogens (tertiary/aromatic N) is 2. The van der Waals surface area contributed by atoms with E-state index in [1.807, 2.05) is 12.1 Å². The van der Waals surface area contributed by atoms with Crippen molar-refractivity contribution in [3.63, 3.8) is 0 Å². The first kappa shape index (κ1) is 17.5. The lowest BCUT2D eigenvalue weighted by molar-refractivity contribution is 0.0420. The molecule has 2 heterocycles. The summed E-state index contributed by atoms with van der Waals surface area (Å²) in [6.07, 6.45) is 3.94. The first-order valence-corrected chi connectivity index (χ1v) is 7.94. The van der Waals surface area contributed by atoms with Gasteiger partial charge < -0.3 is 24.8 Å². The molecule has 2 N–H and O–H groups in total. The van der Waals surface area contributed by atoms with E-state index < -0.39 is 0 Å². The lowest BCUT2D eigenvalue weighted by atomic mass is 10.2. The molecule has 1 saturated heterocycles. The van der Waals surface area contributed by atoms with Crippen LogP contribution in [0, 0.1) is 0 Å². The molecule has 7 nitrogen and oxygen atoms in total. The van der Waals surface area contributed by atoms with E-state index in [2.05, 4.69) is 20.6 Å². The molecule has 128 valence electrons. The van der Waals surface area contributed by atoms with E-state index in [4.69, 9.17) is 14.2 Å². The monoisotopic (exact) mass is 322 g/mol. The predicted octanol–water partition coefficient (Wildman–Crippen LogP) is 0.951. The van der Waals surface area contributed by atoms with E-state index in [1.54, 1.807) is 20.4 Å². The molecule has 1 fully saturated rings. The van der Waals surface area contributed by atoms with Crippen LogP contribution in [-0.2, 0) is 16.0 Å². The highest BCUT2D eigenvalue weighted by molar-refractivity contribution is 5.79. The van der Waals surface area contributed by atoms with Crippen molar-refractivity contribution in [2.45, 2.75) is 25.5 Å². The molecule has 1 atom stereocenters. The Labute approximate surface area is 137 Å². The maximum atomic E-state index is 5.73. The normalized spacial score (nSPS) is 18.0. The van der Waals surface area contributed by atoms with Gasteiger partial charge in [0.25, 0.3) is 0 Å². The van der Waals surface area contributed by atoms with Crippen LogP contribution in [0.15, 0.2) is 23.3 Å². The molecule has 1 unspecified atom stereocenters. The molecule has 23 heavy (non-hydrogen) atoms. The minimum Gasteiger partial charge on any atom is -0.481 e. The van der Waals surface area contributed by atoms with Gasteiger partial charge in [-0.3, -0.25) is 4.99 Å². The fourth-order valence-corrected chi connectivity index (χ4v) is 2.25. The first-order chi connectivity index (χ1) is 11.3. The van der Waals surface area contributed by atoms with Crippen LogP contribution in [0.5, 0.6) is 5.88 Å². The van der Waals surface area contributed by atoms with Crippen LogP contribution in [0.1, 0.15) is 18.4 Å². The Morgan fingerprint density at radius 1 is 1.48 bits per heavy atom. The molecule has 1 aliphatic heterocycles. The Hall–Kier alpha value is -1.86. The molecule has 1 aromatic heterocycles. The molecular weight excluding hydrogens is 296 g/mol. The lowest BCUT2D eigenvalue weighted by Crippen LogP contribution is -2.37. The summed E-state index contributed by atoms with van der Waals surface area (Å²) in [4.78, 5) is 8.30. The number of nitrogens with one attached hydrogen (secondary N) is 2. The first-order valence-electron chi connectivity index (χ1n) is 7.94. The fourth-order valence-electron chi connectivity index (χ4n) is 2.25. The molecule has 0 radical (unpaired) electrons. The minimum atomic E-state index is 0.272. The molecule has 1 aliphatic rings. The summed E-state index contributed by atoms with van der Waals surface area (Å²) in [5.41, 5.74) is 1.09. The summed E-state index contributed by atoms with van der Waals surface area (Å²) >= 11 is 0. The molecule has 0 amide bonds. The van der Waals surface area contributed by atoms with Crippen molar-refractivity contribution < 1.29 is 14.2 Å². The summed E-state index contributed by atoms with van der Waals surface area (Å²) in [5, 5.41) is 6.54. The third-order valence-electron chi connectivity index (χ3n) is 3.55. The molecule has 0 saturated carbocycles. The van der Waals surface area contributed by atoms with Gasteiger partial charge in [-0.15, -0.1) is 0 Å². The van der Waals surface area contributed by atoms with E-state index in [-0.39, 0.29) is 6.10 Å². The van der Waals surface area contributed by atoms with Gasteiger partial charge in [0.2, 0.25) is 5.88 Å². The topological polar surface area (TPSA) is 77.0 Å². The van der Waals surface area contributed by atoms with Crippen molar-refractivity contribution in [1.29, 1.82) is 0 Å². The van der Waals surface area contributed by atoms with Crippen LogP contribution in [0.3, 0.4) is 0 Å². The number of hydrogen-bond acceptors (Lipinski definition) is 5. The quantitative estimate of drug-likeness (QED) is 0.422. The summed E-state index contributed by atoms with van der Waals surface area (Å²) in [7, 11) is 3.37. The Bertz CT molecular complexity index is 490. The maximum Gasteiger partial charge on any atom is 0.213 e. The number of hydrogen-bond donors (Lipinski definition) is 2. The summed E-state index contributed by atoms with van der Waals surface area (Å²) in [6.45, 7) is 3.76. The largest absolute Gasteiger partial charge is 0.481 e. The molecule has 0 aromatic carbocycles. The molecule has 0 bridgehead atoms. The number of guanidine groups is 1. The van der Waals surface area contributed by atoms with E-state index in [0.29, 0.717) is 12.4 Å². The number of methoxy groups -OCH3 is 1. The van der Waals surface area contributed by atoms with Gasteiger partial charge in [0, 0.05) is 45.6 Å². The zero-order valence-electron chi connectivity index (χ0n) is 13.9. The highest BCUT2D eigenvalue weighted by atomic mass is 16.5. The number of aliphatic imine (C=N–C) groups is 1. The standard InChI is InChI=1S/C16H26N4O3/c1-17-16(19-6-3-8-23-14-5-9-22-12-14)20-11-13-4-7-18-15(10-13)21-2/h4,7,10,14H,3,5-6,8-9,11-12H2,1-2H3,(H2,17,19,20). The number of aromatic nitrogens is 1. The van der Waals surface area contributed by atoms with Gasteiger partial charge in [0.15, 0.2) is 5.96 Å². The Kier molecular flexibility index (Phi) is 7.62. The molecule has 2 rings (SSSR count). The Morgan fingerprint density at radius 3 is 3.13 bits per heavy atom. The van der Waals surface area contributed by atoms with Crippen molar-refractivity contribution in [3.05, 3.63) is 23.9 Å². The lowest BCUT2D eigenvalue weighted by Gasteiger charge is -2.13. The number of ether oxygens (including phenoxy) is 3. The molecular formula is C16H26N4O3. The predicted molar refractivity (Wildman–Crippen MR) is 88.8 cm³/mol. The Balaban J connectivity index is 1.61. The van der Waals surface area contributed by atoms with Crippen LogP contribution in [0.25, 0.3) is 0 Å². The van der Waals surface area contributed by atoms with Gasteiger partial charge in [-0.2, -0.15) is 0 Å². The van der Waals surface area contributed by atoms with Crippen LogP contribution >= 0.6 is 0 Å². The molecule has 1 aromatic rings. The molecule has 7 heteroatoms. The van der Waals surface area contributed by atoms with Crippen molar-refractivity contribution in [1.82, 2.24) is 15.6 Å². The van der Waals surface area contributed by atoms with E-state index in [9.17, 15) is 0 Å². The van der Waals surface area contributed by atoms with E-state index >= 15 is 0 Å². The molecule has 0 spiro atoms. The second-order valence-electron chi connectivity index (χ2n) is 5.27. The summed E-state index contributed by atoms with van der Waals surface area (Å²) in [5.74, 6) is 1.38. The van der Waals surface area contributed by atoms with Crippen molar-refractivity contribution >= 4 is 5.96 Å². The highest BCUT2D eigenvalue weighted by Gasteiger charge is 2.15. The van der Waals surface area contributed by atoms with Gasteiger partial charge >= 0.3 is 0 Å². The smallest absolute Gasteiger partial charge is 0.213 e. The van der Waals surface area contributed by atoms with Gasteiger partial charge in [-0.1, -0.05) is 0 Å². The second kappa shape index (κ2) is 10.0. The Morgan fingerprint density at radius 2 is 2.39 bits per heavy atom. The second-order valence-corrected chi connectivity index (χ2v) is 5.27. The summed E-state index contributed by atoms with van der Waals surface area (Å²) < 4.78 is 16.1. The van der Waals surface area contributed by atoms with Gasteiger partial charge in [0.05, 0.1) is 19.8 Å². The third kappa shape index (κ3) is 6.42. The maximum absolute atomic E-state index is 5.73. The highest BCUT2D eigenvalue weighted by Crippen LogP contribution is 2.08. The zero-order valence-corrected chi connectivity index (χ0v) is 13.9. The van der Waals surface area contributed by atoms with E-state index in [1.165, 1.54) is 0 Å². The number of rotatable bonds is 8. The minimum absolute atomic E-state index is 0.272. The van der Waals surface area contributed by atoms with Crippen LogP contribution in [-0.4, -0.2) is 57.6 Å². The van der Waals surface area contributed by atoms with Gasteiger partial charge in [-0.05, 0) is 24.5 Å². The van der Waals surface area contributed by atoms with Gasteiger partial charge in [0.1, 0.15) is 0 Å². The zero-order chi connectivity index (χ0) is 16.3. The van der Waals surface area contributed by atoms with Crippen molar-refractivity contribution in [2.75, 3.05) is 40.5 Å². The van der Waals surface area contributed by atoms with Crippen LogP contribution in [0.2, 0.25) is 0 Å². The van der Waals surface area contributed by atoms with Gasteiger partial charge in [-0.25, -0.2) is 4.98 Å². The molecule has 0 aliphatic carbocycles. The van der Waals surface area contributed by atoms with Crippen molar-refractivity contribution in [3.8, 4) is 5.88 Å². The van der Waals surface area contributed by atoms with Crippen molar-refractivity contribution in [2.24, 2.45) is 4.99 Å². The van der Waals surface area contributed by atoms with Crippen LogP contribution < -0.4 is 15.4 Å². The van der Waals surface area contributed by atoms with E-state index in [0.717, 1.165) is 50.7 Å². The number of pyridine rings is 1. The van der Waals surface area contributed by atoms with Crippen LogP contribution in [0.4, 0.5) is 0 Å². The fraction of sp³-hybridized carbons (Fsp3) is 0.625. The SMILES string of the molecule is CN=C(NCCCOC1CCOC1)NCc1ccnc(OC)c1. The summed E-state index contributed by atoms with van der Waals surface area (Å²) in [6, 6.07) is 3.85. The average molecular weight is 322 g/mol. The third-order valence-corrected chi connectivity index (χ3v) is 3.55.